The van der Waals surface area contributed by atoms with E-state index < -0.39 is 0 Å². The van der Waals surface area contributed by atoms with Crippen molar-refractivity contribution >= 4 is 11.9 Å². The molecule has 2 heterocycles. The Hall–Kier alpha value is -2.84. The summed E-state index contributed by atoms with van der Waals surface area (Å²) < 4.78 is 10.6. The lowest BCUT2D eigenvalue weighted by atomic mass is 10.1. The number of morpholine rings is 1. The van der Waals surface area contributed by atoms with Gasteiger partial charge >= 0.3 is 0 Å². The molecule has 1 amide bonds. The fourth-order valence-electron chi connectivity index (χ4n) is 3.34. The molecule has 1 saturated heterocycles. The van der Waals surface area contributed by atoms with Gasteiger partial charge in [-0.1, -0.05) is 12.1 Å². The Morgan fingerprint density at radius 2 is 2.00 bits per heavy atom. The van der Waals surface area contributed by atoms with Crippen molar-refractivity contribution in [1.29, 1.82) is 0 Å². The summed E-state index contributed by atoms with van der Waals surface area (Å²) in [5.41, 5.74) is 1.60. The molecule has 0 unspecified atom stereocenters. The first-order valence-electron chi connectivity index (χ1n) is 11.0. The molecule has 1 aromatic carbocycles. The average molecular weight is 428 g/mol. The number of rotatable bonds is 10. The van der Waals surface area contributed by atoms with E-state index in [9.17, 15) is 4.79 Å². The summed E-state index contributed by atoms with van der Waals surface area (Å²) in [5.74, 6) is 1.39. The topological polar surface area (TPSA) is 91.1 Å². The molecule has 0 atom stereocenters. The van der Waals surface area contributed by atoms with E-state index in [0.717, 1.165) is 69.6 Å². The van der Waals surface area contributed by atoms with E-state index in [1.165, 1.54) is 0 Å². The van der Waals surface area contributed by atoms with Crippen molar-refractivity contribution in [3.8, 4) is 0 Å². The van der Waals surface area contributed by atoms with Gasteiger partial charge in [0.15, 0.2) is 5.96 Å². The molecule has 8 nitrogen and oxygen atoms in total. The third kappa shape index (κ3) is 8.07. The number of furan rings is 1. The number of nitrogens with zero attached hydrogens (tertiary/aromatic N) is 2. The molecule has 1 aromatic heterocycles. The molecular weight excluding hydrogens is 394 g/mol. The van der Waals surface area contributed by atoms with E-state index in [1.54, 1.807) is 18.4 Å². The standard InChI is InChI=1S/C23H33N5O3/c1-2-24-23(25-9-5-10-28-11-14-30-15-12-28)27-17-19-6-3-7-20(16-19)22(29)26-18-21-8-4-13-31-21/h3-4,6-8,13,16H,2,5,9-12,14-15,17-18H2,1H3,(H,26,29)(H2,24,25,27). The highest BCUT2D eigenvalue weighted by Crippen LogP contribution is 2.08. The summed E-state index contributed by atoms with van der Waals surface area (Å²) in [4.78, 5) is 19.5. The van der Waals surface area contributed by atoms with Crippen molar-refractivity contribution in [3.63, 3.8) is 0 Å². The van der Waals surface area contributed by atoms with Crippen molar-refractivity contribution in [1.82, 2.24) is 20.9 Å². The van der Waals surface area contributed by atoms with Crippen molar-refractivity contribution in [2.45, 2.75) is 26.4 Å². The fraction of sp³-hybridized carbons (Fsp3) is 0.478. The molecule has 2 aromatic rings. The molecule has 0 aliphatic carbocycles. The van der Waals surface area contributed by atoms with Crippen molar-refractivity contribution in [2.24, 2.45) is 4.99 Å². The second-order valence-corrected chi connectivity index (χ2v) is 7.39. The molecule has 8 heteroatoms. The predicted molar refractivity (Wildman–Crippen MR) is 121 cm³/mol. The van der Waals surface area contributed by atoms with Crippen LogP contribution >= 0.6 is 0 Å². The monoisotopic (exact) mass is 427 g/mol. The van der Waals surface area contributed by atoms with Gasteiger partial charge in [-0.2, -0.15) is 0 Å². The molecule has 0 spiro atoms. The summed E-state index contributed by atoms with van der Waals surface area (Å²) >= 11 is 0. The number of ether oxygens (including phenoxy) is 1. The number of hydrogen-bond acceptors (Lipinski definition) is 5. The van der Waals surface area contributed by atoms with Gasteiger partial charge in [0.05, 0.1) is 32.6 Å². The van der Waals surface area contributed by atoms with Gasteiger partial charge < -0.3 is 25.1 Å². The Bertz CT molecular complexity index is 816. The van der Waals surface area contributed by atoms with Crippen LogP contribution in [0, 0.1) is 0 Å². The maximum absolute atomic E-state index is 12.4. The highest BCUT2D eigenvalue weighted by Gasteiger charge is 2.10. The zero-order valence-electron chi connectivity index (χ0n) is 18.2. The van der Waals surface area contributed by atoms with Gasteiger partial charge in [0.1, 0.15) is 5.76 Å². The first-order valence-corrected chi connectivity index (χ1v) is 11.0. The normalized spacial score (nSPS) is 14.9. The first-order chi connectivity index (χ1) is 15.2. The van der Waals surface area contributed by atoms with Gasteiger partial charge in [-0.3, -0.25) is 9.69 Å². The zero-order valence-corrected chi connectivity index (χ0v) is 18.2. The lowest BCUT2D eigenvalue weighted by molar-refractivity contribution is 0.0376. The Kier molecular flexibility index (Phi) is 9.40. The molecular formula is C23H33N5O3. The maximum atomic E-state index is 12.4. The summed E-state index contributed by atoms with van der Waals surface area (Å²) in [5, 5.41) is 9.55. The average Bonchev–Trinajstić information content (AvgIpc) is 3.33. The molecule has 0 bridgehead atoms. The molecule has 0 radical (unpaired) electrons. The van der Waals surface area contributed by atoms with Crippen LogP contribution in [0.2, 0.25) is 0 Å². The van der Waals surface area contributed by atoms with Crippen LogP contribution in [0.5, 0.6) is 0 Å². The van der Waals surface area contributed by atoms with Gasteiger partial charge in [0.25, 0.3) is 5.91 Å². The third-order valence-corrected chi connectivity index (χ3v) is 5.00. The smallest absolute Gasteiger partial charge is 0.251 e. The number of carbonyl (C=O) groups excluding carboxylic acids is 1. The summed E-state index contributed by atoms with van der Waals surface area (Å²) in [7, 11) is 0. The highest BCUT2D eigenvalue weighted by atomic mass is 16.5. The van der Waals surface area contributed by atoms with Crippen molar-refractivity contribution < 1.29 is 13.9 Å². The van der Waals surface area contributed by atoms with Crippen LogP contribution in [0.15, 0.2) is 52.1 Å². The molecule has 1 aliphatic heterocycles. The van der Waals surface area contributed by atoms with Crippen LogP contribution in [-0.4, -0.2) is 62.7 Å². The van der Waals surface area contributed by atoms with Gasteiger partial charge in [0.2, 0.25) is 0 Å². The number of hydrogen-bond donors (Lipinski definition) is 3. The molecule has 168 valence electrons. The molecule has 0 saturated carbocycles. The van der Waals surface area contributed by atoms with Crippen molar-refractivity contribution in [3.05, 3.63) is 59.5 Å². The number of amides is 1. The third-order valence-electron chi connectivity index (χ3n) is 5.00. The first kappa shape index (κ1) is 22.8. The molecule has 1 fully saturated rings. The van der Waals surface area contributed by atoms with E-state index in [2.05, 4.69) is 32.8 Å². The molecule has 1 aliphatic rings. The number of guanidine groups is 1. The van der Waals surface area contributed by atoms with Gasteiger partial charge in [0, 0.05) is 31.7 Å². The summed E-state index contributed by atoms with van der Waals surface area (Å²) in [6.45, 7) is 9.32. The zero-order chi connectivity index (χ0) is 21.7. The summed E-state index contributed by atoms with van der Waals surface area (Å²) in [6.07, 6.45) is 2.65. The van der Waals surface area contributed by atoms with Crippen LogP contribution in [0.1, 0.15) is 35.0 Å². The highest BCUT2D eigenvalue weighted by molar-refractivity contribution is 5.94. The van der Waals surface area contributed by atoms with E-state index >= 15 is 0 Å². The Morgan fingerprint density at radius 3 is 2.77 bits per heavy atom. The van der Waals surface area contributed by atoms with Gasteiger partial charge in [-0.15, -0.1) is 0 Å². The van der Waals surface area contributed by atoms with E-state index in [1.807, 2.05) is 24.3 Å². The van der Waals surface area contributed by atoms with Crippen LogP contribution in [0.3, 0.4) is 0 Å². The number of benzene rings is 1. The van der Waals surface area contributed by atoms with E-state index in [4.69, 9.17) is 9.15 Å². The van der Waals surface area contributed by atoms with Crippen LogP contribution in [-0.2, 0) is 17.8 Å². The largest absolute Gasteiger partial charge is 0.467 e. The molecule has 31 heavy (non-hydrogen) atoms. The minimum atomic E-state index is -0.129. The summed E-state index contributed by atoms with van der Waals surface area (Å²) in [6, 6.07) is 11.2. The lowest BCUT2D eigenvalue weighted by Gasteiger charge is -2.26. The Morgan fingerprint density at radius 1 is 1.13 bits per heavy atom. The quantitative estimate of drug-likeness (QED) is 0.305. The van der Waals surface area contributed by atoms with Crippen LogP contribution < -0.4 is 16.0 Å². The SMILES string of the molecule is CCNC(=NCc1cccc(C(=O)NCc2ccco2)c1)NCCCN1CCOCC1. The Labute approximate surface area is 184 Å². The molecule has 3 N–H and O–H groups in total. The number of carbonyl (C=O) groups is 1. The minimum absolute atomic E-state index is 0.129. The predicted octanol–water partition coefficient (Wildman–Crippen LogP) is 1.99. The second-order valence-electron chi connectivity index (χ2n) is 7.39. The Balaban J connectivity index is 1.46. The molecule has 3 rings (SSSR count). The van der Waals surface area contributed by atoms with Crippen LogP contribution in [0.25, 0.3) is 0 Å². The van der Waals surface area contributed by atoms with E-state index in [-0.39, 0.29) is 5.91 Å². The second kappa shape index (κ2) is 12.8. The van der Waals surface area contributed by atoms with Crippen molar-refractivity contribution in [2.75, 3.05) is 45.9 Å². The van der Waals surface area contributed by atoms with Gasteiger partial charge in [-0.05, 0) is 49.7 Å². The fourth-order valence-corrected chi connectivity index (χ4v) is 3.34. The lowest BCUT2D eigenvalue weighted by Crippen LogP contribution is -2.40. The van der Waals surface area contributed by atoms with Gasteiger partial charge in [-0.25, -0.2) is 4.99 Å². The number of nitrogens with one attached hydrogen (secondary N) is 3. The minimum Gasteiger partial charge on any atom is -0.467 e. The maximum Gasteiger partial charge on any atom is 0.251 e. The van der Waals surface area contributed by atoms with E-state index in [0.29, 0.717) is 18.7 Å². The number of aliphatic imine (C=N–C) groups is 1. The van der Waals surface area contributed by atoms with Crippen LogP contribution in [0.4, 0.5) is 0 Å².